The first kappa shape index (κ1) is 30.4. The van der Waals surface area contributed by atoms with Gasteiger partial charge in [-0.25, -0.2) is 8.42 Å². The molecule has 2 heterocycles. The van der Waals surface area contributed by atoms with Gasteiger partial charge in [-0.3, -0.25) is 14.9 Å². The topological polar surface area (TPSA) is 129 Å². The van der Waals surface area contributed by atoms with Crippen LogP contribution in [-0.4, -0.2) is 75.0 Å². The Hall–Kier alpha value is -3.52. The number of nitrogens with zero attached hydrogens (tertiary/aromatic N) is 3. The molecule has 4 rings (SSSR count). The third kappa shape index (κ3) is 7.82. The highest BCUT2D eigenvalue weighted by atomic mass is 32.2. The van der Waals surface area contributed by atoms with Crippen LogP contribution in [0.3, 0.4) is 0 Å². The number of thiophene rings is 1. The highest BCUT2D eigenvalue weighted by Crippen LogP contribution is 2.28. The van der Waals surface area contributed by atoms with Gasteiger partial charge in [-0.1, -0.05) is 12.1 Å². The summed E-state index contributed by atoms with van der Waals surface area (Å²) in [5.41, 5.74) is 0.712. The van der Waals surface area contributed by atoms with Crippen LogP contribution in [0.15, 0.2) is 64.9 Å². The van der Waals surface area contributed by atoms with E-state index in [0.717, 1.165) is 33.3 Å². The number of rotatable bonds is 14. The van der Waals surface area contributed by atoms with Crippen LogP contribution in [0, 0.1) is 10.1 Å². The molecule has 220 valence electrons. The first-order valence-corrected chi connectivity index (χ1v) is 15.4. The molecular formula is C28H33N3O8S2. The Morgan fingerprint density at radius 1 is 1.12 bits per heavy atom. The molecule has 0 radical (unpaired) electrons. The van der Waals surface area contributed by atoms with Gasteiger partial charge in [0.25, 0.3) is 5.69 Å². The summed E-state index contributed by atoms with van der Waals surface area (Å²) in [5.74, 6) is 0.824. The number of benzene rings is 2. The number of nitro groups is 1. The highest BCUT2D eigenvalue weighted by molar-refractivity contribution is 7.89. The third-order valence-electron chi connectivity index (χ3n) is 6.83. The Labute approximate surface area is 243 Å². The Kier molecular flexibility index (Phi) is 10.3. The SMILES string of the molecule is COc1ccc(CCN(Cc2cccs2)C(=O)CN(C[C@@H]2CCCO2)S(=O)(=O)c2ccc([N+](=O)[O-])cc2)cc1OC. The summed E-state index contributed by atoms with van der Waals surface area (Å²) in [5, 5.41) is 13.0. The predicted octanol–water partition coefficient (Wildman–Crippen LogP) is 4.11. The average Bonchev–Trinajstić information content (AvgIpc) is 3.69. The van der Waals surface area contributed by atoms with E-state index >= 15 is 0 Å². The maximum atomic E-state index is 13.8. The molecule has 1 saturated heterocycles. The molecule has 13 heteroatoms. The molecule has 0 spiro atoms. The number of sulfonamides is 1. The second-order valence-corrected chi connectivity index (χ2v) is 12.5. The number of nitro benzene ring substituents is 1. The van der Waals surface area contributed by atoms with Crippen LogP contribution in [0.2, 0.25) is 0 Å². The standard InChI is InChI=1S/C28H33N3O8S2/c1-37-26-12-7-21(17-27(26)38-2)13-14-29(19-24-6-4-16-40-24)28(32)20-30(18-23-5-3-15-39-23)41(35,36)25-10-8-22(9-11-25)31(33)34/h4,6-12,16-17,23H,3,5,13-15,18-20H2,1-2H3/t23-/m0/s1. The lowest BCUT2D eigenvalue weighted by molar-refractivity contribution is -0.384. The number of hydrogen-bond acceptors (Lipinski definition) is 9. The Morgan fingerprint density at radius 3 is 2.49 bits per heavy atom. The number of ether oxygens (including phenoxy) is 3. The molecule has 1 aliphatic heterocycles. The lowest BCUT2D eigenvalue weighted by atomic mass is 10.1. The number of methoxy groups -OCH3 is 2. The summed E-state index contributed by atoms with van der Waals surface area (Å²) >= 11 is 1.52. The van der Waals surface area contributed by atoms with Crippen LogP contribution in [0.5, 0.6) is 11.5 Å². The zero-order valence-electron chi connectivity index (χ0n) is 22.9. The lowest BCUT2D eigenvalue weighted by Crippen LogP contribution is -2.45. The van der Waals surface area contributed by atoms with Crippen molar-refractivity contribution in [3.05, 3.63) is 80.5 Å². The second-order valence-electron chi connectivity index (χ2n) is 9.52. The van der Waals surface area contributed by atoms with E-state index < -0.39 is 21.5 Å². The van der Waals surface area contributed by atoms with Crippen molar-refractivity contribution in [3.8, 4) is 11.5 Å². The van der Waals surface area contributed by atoms with Crippen molar-refractivity contribution in [2.24, 2.45) is 0 Å². The molecule has 1 atom stereocenters. The van der Waals surface area contributed by atoms with Crippen LogP contribution in [0.25, 0.3) is 0 Å². The smallest absolute Gasteiger partial charge is 0.269 e. The van der Waals surface area contributed by atoms with Crippen molar-refractivity contribution >= 4 is 33.0 Å². The first-order chi connectivity index (χ1) is 19.7. The van der Waals surface area contributed by atoms with Gasteiger partial charge in [0, 0.05) is 36.7 Å². The van der Waals surface area contributed by atoms with E-state index in [1.165, 1.54) is 23.5 Å². The zero-order valence-corrected chi connectivity index (χ0v) is 24.6. The summed E-state index contributed by atoms with van der Waals surface area (Å²) in [6.45, 7) is 0.816. The fraction of sp³-hybridized carbons (Fsp3) is 0.393. The normalized spacial score (nSPS) is 15.1. The van der Waals surface area contributed by atoms with Gasteiger partial charge in [0.15, 0.2) is 11.5 Å². The Balaban J connectivity index is 1.57. The summed E-state index contributed by atoms with van der Waals surface area (Å²) in [7, 11) is -1.03. The highest BCUT2D eigenvalue weighted by Gasteiger charge is 2.32. The molecule has 1 aromatic heterocycles. The van der Waals surface area contributed by atoms with Crippen molar-refractivity contribution in [1.82, 2.24) is 9.21 Å². The molecule has 41 heavy (non-hydrogen) atoms. The van der Waals surface area contributed by atoms with Crippen molar-refractivity contribution < 1.29 is 32.3 Å². The predicted molar refractivity (Wildman–Crippen MR) is 154 cm³/mol. The molecule has 1 amide bonds. The van der Waals surface area contributed by atoms with E-state index in [-0.39, 0.29) is 29.1 Å². The summed E-state index contributed by atoms with van der Waals surface area (Å²) in [4.78, 5) is 26.7. The fourth-order valence-electron chi connectivity index (χ4n) is 4.59. The number of amides is 1. The van der Waals surface area contributed by atoms with Gasteiger partial charge in [-0.2, -0.15) is 4.31 Å². The van der Waals surface area contributed by atoms with Gasteiger partial charge < -0.3 is 19.1 Å². The van der Waals surface area contributed by atoms with Gasteiger partial charge >= 0.3 is 0 Å². The minimum atomic E-state index is -4.15. The molecule has 1 fully saturated rings. The Bertz CT molecular complexity index is 1420. The fourth-order valence-corrected chi connectivity index (χ4v) is 6.73. The second kappa shape index (κ2) is 13.9. The minimum absolute atomic E-state index is 0.00752. The molecule has 0 bridgehead atoms. The Morgan fingerprint density at radius 2 is 1.88 bits per heavy atom. The lowest BCUT2D eigenvalue weighted by Gasteiger charge is -2.28. The average molecular weight is 604 g/mol. The van der Waals surface area contributed by atoms with Crippen LogP contribution >= 0.6 is 11.3 Å². The third-order valence-corrected chi connectivity index (χ3v) is 9.51. The molecule has 11 nitrogen and oxygen atoms in total. The zero-order chi connectivity index (χ0) is 29.4. The van der Waals surface area contributed by atoms with Crippen LogP contribution in [0.4, 0.5) is 5.69 Å². The van der Waals surface area contributed by atoms with E-state index in [1.807, 2.05) is 29.6 Å². The summed E-state index contributed by atoms with van der Waals surface area (Å²) in [6.07, 6.45) is 1.66. The van der Waals surface area contributed by atoms with E-state index in [0.29, 0.717) is 44.0 Å². The molecule has 1 aliphatic rings. The first-order valence-electron chi connectivity index (χ1n) is 13.1. The van der Waals surface area contributed by atoms with Crippen LogP contribution in [-0.2, 0) is 32.5 Å². The molecule has 0 aliphatic carbocycles. The molecular weight excluding hydrogens is 570 g/mol. The van der Waals surface area contributed by atoms with E-state index in [2.05, 4.69) is 0 Å². The van der Waals surface area contributed by atoms with Crippen molar-refractivity contribution in [1.29, 1.82) is 0 Å². The molecule has 2 aromatic carbocycles. The molecule has 0 N–H and O–H groups in total. The van der Waals surface area contributed by atoms with Gasteiger partial charge in [-0.15, -0.1) is 11.3 Å². The van der Waals surface area contributed by atoms with E-state index in [1.54, 1.807) is 25.2 Å². The number of hydrogen-bond donors (Lipinski definition) is 0. The van der Waals surface area contributed by atoms with Crippen LogP contribution < -0.4 is 9.47 Å². The molecule has 3 aromatic rings. The van der Waals surface area contributed by atoms with Gasteiger partial charge in [-0.05, 0) is 60.5 Å². The van der Waals surface area contributed by atoms with Crippen molar-refractivity contribution in [2.75, 3.05) is 40.5 Å². The maximum Gasteiger partial charge on any atom is 0.269 e. The van der Waals surface area contributed by atoms with Crippen molar-refractivity contribution in [2.45, 2.75) is 36.8 Å². The molecule has 0 saturated carbocycles. The van der Waals surface area contributed by atoms with Crippen molar-refractivity contribution in [3.63, 3.8) is 0 Å². The largest absolute Gasteiger partial charge is 0.493 e. The monoisotopic (exact) mass is 603 g/mol. The van der Waals surface area contributed by atoms with Gasteiger partial charge in [0.05, 0.1) is 43.2 Å². The quantitative estimate of drug-likeness (QED) is 0.199. The molecule has 0 unspecified atom stereocenters. The van der Waals surface area contributed by atoms with Gasteiger partial charge in [0.1, 0.15) is 0 Å². The van der Waals surface area contributed by atoms with E-state index in [9.17, 15) is 23.3 Å². The number of carbonyl (C=O) groups excluding carboxylic acids is 1. The minimum Gasteiger partial charge on any atom is -0.493 e. The van der Waals surface area contributed by atoms with Gasteiger partial charge in [0.2, 0.25) is 15.9 Å². The number of carbonyl (C=O) groups is 1. The van der Waals surface area contributed by atoms with Crippen LogP contribution in [0.1, 0.15) is 23.3 Å². The summed E-state index contributed by atoms with van der Waals surface area (Å²) in [6, 6.07) is 14.1. The number of non-ortho nitro benzene ring substituents is 1. The summed E-state index contributed by atoms with van der Waals surface area (Å²) < 4.78 is 44.9. The maximum absolute atomic E-state index is 13.8. The van der Waals surface area contributed by atoms with E-state index in [4.69, 9.17) is 14.2 Å².